The van der Waals surface area contributed by atoms with Crippen LogP contribution in [0.3, 0.4) is 0 Å². The van der Waals surface area contributed by atoms with Gasteiger partial charge in [-0.15, -0.1) is 0 Å². The van der Waals surface area contributed by atoms with Crippen molar-refractivity contribution in [2.24, 2.45) is 0 Å². The molecule has 0 saturated heterocycles. The van der Waals surface area contributed by atoms with Crippen LogP contribution in [0.2, 0.25) is 0 Å². The smallest absolute Gasteiger partial charge is 0.266 e. The van der Waals surface area contributed by atoms with Crippen molar-refractivity contribution in [3.8, 4) is 17.0 Å². The highest BCUT2D eigenvalue weighted by molar-refractivity contribution is 5.86. The Balaban J connectivity index is 1.37. The fourth-order valence-corrected chi connectivity index (χ4v) is 3.23. The van der Waals surface area contributed by atoms with Crippen molar-refractivity contribution in [1.82, 2.24) is 20.3 Å². The molecule has 2 heterocycles. The normalized spacial score (nSPS) is 10.9. The number of aromatic nitrogens is 3. The van der Waals surface area contributed by atoms with Gasteiger partial charge in [0.05, 0.1) is 25.3 Å². The summed E-state index contributed by atoms with van der Waals surface area (Å²) in [7, 11) is 0. The number of nitrogens with zero attached hydrogens (tertiary/aromatic N) is 3. The summed E-state index contributed by atoms with van der Waals surface area (Å²) < 4.78 is 12.0. The van der Waals surface area contributed by atoms with E-state index in [1.807, 2.05) is 49.4 Å². The Kier molecular flexibility index (Phi) is 6.07. The van der Waals surface area contributed by atoms with Crippen molar-refractivity contribution >= 4 is 16.9 Å². The van der Waals surface area contributed by atoms with Crippen molar-refractivity contribution in [2.75, 3.05) is 13.2 Å². The molecular formula is C23H22N4O4. The SMILES string of the molecule is CCOc1ccc(-c2ccc(=O)n(CCNC(=O)Cc3noc4ccccc34)n2)cc1. The summed E-state index contributed by atoms with van der Waals surface area (Å²) in [5, 5.41) is 12.0. The van der Waals surface area contributed by atoms with Crippen LogP contribution in [-0.2, 0) is 17.8 Å². The summed E-state index contributed by atoms with van der Waals surface area (Å²) in [6.45, 7) is 3.06. The predicted octanol–water partition coefficient (Wildman–Crippen LogP) is 2.81. The van der Waals surface area contributed by atoms with E-state index in [2.05, 4.69) is 15.6 Å². The maximum atomic E-state index is 12.3. The van der Waals surface area contributed by atoms with Crippen LogP contribution in [-0.4, -0.2) is 34.0 Å². The lowest BCUT2D eigenvalue weighted by Gasteiger charge is -2.09. The molecule has 1 N–H and O–H groups in total. The fraction of sp³-hybridized carbons (Fsp3) is 0.217. The van der Waals surface area contributed by atoms with E-state index in [4.69, 9.17) is 9.26 Å². The van der Waals surface area contributed by atoms with Gasteiger partial charge < -0.3 is 14.6 Å². The number of amides is 1. The molecule has 8 heteroatoms. The molecule has 0 aliphatic carbocycles. The Morgan fingerprint density at radius 1 is 1.10 bits per heavy atom. The topological polar surface area (TPSA) is 99.2 Å². The molecule has 0 atom stereocenters. The van der Waals surface area contributed by atoms with Crippen molar-refractivity contribution < 1.29 is 14.1 Å². The van der Waals surface area contributed by atoms with Gasteiger partial charge in [-0.2, -0.15) is 5.10 Å². The lowest BCUT2D eigenvalue weighted by Crippen LogP contribution is -2.32. The third-order valence-corrected chi connectivity index (χ3v) is 4.75. The first-order valence-electron chi connectivity index (χ1n) is 10.1. The molecule has 0 bridgehead atoms. The third kappa shape index (κ3) is 4.80. The van der Waals surface area contributed by atoms with Crippen molar-refractivity contribution in [3.63, 3.8) is 0 Å². The van der Waals surface area contributed by atoms with Gasteiger partial charge in [0, 0.05) is 23.6 Å². The number of rotatable bonds is 8. The highest BCUT2D eigenvalue weighted by atomic mass is 16.5. The zero-order chi connectivity index (χ0) is 21.6. The van der Waals surface area contributed by atoms with Crippen LogP contribution in [0, 0.1) is 0 Å². The van der Waals surface area contributed by atoms with Crippen molar-refractivity contribution in [1.29, 1.82) is 0 Å². The van der Waals surface area contributed by atoms with Crippen molar-refractivity contribution in [2.45, 2.75) is 19.9 Å². The highest BCUT2D eigenvalue weighted by Crippen LogP contribution is 2.20. The molecule has 2 aromatic heterocycles. The third-order valence-electron chi connectivity index (χ3n) is 4.75. The van der Waals surface area contributed by atoms with Gasteiger partial charge in [-0.1, -0.05) is 17.3 Å². The lowest BCUT2D eigenvalue weighted by molar-refractivity contribution is -0.120. The molecule has 0 unspecified atom stereocenters. The van der Waals surface area contributed by atoms with Crippen LogP contribution in [0.5, 0.6) is 5.75 Å². The van der Waals surface area contributed by atoms with E-state index in [0.29, 0.717) is 23.6 Å². The van der Waals surface area contributed by atoms with Gasteiger partial charge in [0.25, 0.3) is 5.56 Å². The molecule has 0 saturated carbocycles. The van der Waals surface area contributed by atoms with E-state index in [1.54, 1.807) is 12.1 Å². The molecule has 4 rings (SSSR count). The van der Waals surface area contributed by atoms with Gasteiger partial charge in [-0.25, -0.2) is 4.68 Å². The maximum Gasteiger partial charge on any atom is 0.266 e. The molecule has 0 spiro atoms. The van der Waals surface area contributed by atoms with Gasteiger partial charge in [-0.3, -0.25) is 9.59 Å². The van der Waals surface area contributed by atoms with E-state index in [1.165, 1.54) is 10.7 Å². The molecule has 4 aromatic rings. The summed E-state index contributed by atoms with van der Waals surface area (Å²) in [6.07, 6.45) is 0.103. The van der Waals surface area contributed by atoms with Crippen LogP contribution in [0.25, 0.3) is 22.2 Å². The Morgan fingerprint density at radius 2 is 1.90 bits per heavy atom. The lowest BCUT2D eigenvalue weighted by atomic mass is 10.1. The molecule has 2 aromatic carbocycles. The molecule has 0 fully saturated rings. The van der Waals surface area contributed by atoms with Gasteiger partial charge in [0.2, 0.25) is 5.91 Å². The average Bonchev–Trinajstić information content (AvgIpc) is 3.19. The monoisotopic (exact) mass is 418 g/mol. The van der Waals surface area contributed by atoms with E-state index in [0.717, 1.165) is 16.7 Å². The Morgan fingerprint density at radius 3 is 2.71 bits per heavy atom. The number of carbonyl (C=O) groups is 1. The van der Waals surface area contributed by atoms with Crippen LogP contribution in [0.15, 0.2) is 70.0 Å². The molecule has 31 heavy (non-hydrogen) atoms. The summed E-state index contributed by atoms with van der Waals surface area (Å²) in [5.74, 6) is 0.581. The van der Waals surface area contributed by atoms with E-state index in [-0.39, 0.29) is 31.0 Å². The van der Waals surface area contributed by atoms with Crippen LogP contribution in [0.4, 0.5) is 0 Å². The van der Waals surface area contributed by atoms with E-state index < -0.39 is 0 Å². The summed E-state index contributed by atoms with van der Waals surface area (Å²) in [6, 6.07) is 18.1. The molecule has 0 radical (unpaired) electrons. The van der Waals surface area contributed by atoms with Gasteiger partial charge >= 0.3 is 0 Å². The van der Waals surface area contributed by atoms with Crippen LogP contribution < -0.4 is 15.6 Å². The standard InChI is InChI=1S/C23H22N4O4/c1-2-30-17-9-7-16(8-10-17)19-11-12-23(29)27(25-19)14-13-24-22(28)15-20-18-5-3-4-6-21(18)31-26-20/h3-12H,2,13-15H2,1H3,(H,24,28). The van der Waals surface area contributed by atoms with Gasteiger partial charge in [0.1, 0.15) is 11.4 Å². The molecule has 8 nitrogen and oxygen atoms in total. The zero-order valence-electron chi connectivity index (χ0n) is 17.1. The first-order valence-corrected chi connectivity index (χ1v) is 10.1. The Labute approximate surface area is 178 Å². The number of para-hydroxylation sites is 1. The first-order chi connectivity index (χ1) is 15.1. The maximum absolute atomic E-state index is 12.3. The van der Waals surface area contributed by atoms with Gasteiger partial charge in [0.15, 0.2) is 5.58 Å². The fourth-order valence-electron chi connectivity index (χ4n) is 3.23. The van der Waals surface area contributed by atoms with Crippen molar-refractivity contribution in [3.05, 3.63) is 76.7 Å². The summed E-state index contributed by atoms with van der Waals surface area (Å²) >= 11 is 0. The number of hydrogen-bond acceptors (Lipinski definition) is 6. The number of fused-ring (bicyclic) bond motifs is 1. The summed E-state index contributed by atoms with van der Waals surface area (Å²) in [4.78, 5) is 24.5. The number of ether oxygens (including phenoxy) is 1. The highest BCUT2D eigenvalue weighted by Gasteiger charge is 2.12. The summed E-state index contributed by atoms with van der Waals surface area (Å²) in [5.41, 5.74) is 2.54. The first kappa shape index (κ1) is 20.3. The van der Waals surface area contributed by atoms with Crippen LogP contribution >= 0.6 is 0 Å². The predicted molar refractivity (Wildman–Crippen MR) is 116 cm³/mol. The molecule has 0 aliphatic heterocycles. The number of nitrogens with one attached hydrogen (secondary N) is 1. The Bertz CT molecular complexity index is 1240. The minimum Gasteiger partial charge on any atom is -0.494 e. The number of carbonyl (C=O) groups excluding carboxylic acids is 1. The largest absolute Gasteiger partial charge is 0.494 e. The zero-order valence-corrected chi connectivity index (χ0v) is 17.1. The second-order valence-electron chi connectivity index (χ2n) is 6.89. The number of hydrogen-bond donors (Lipinski definition) is 1. The minimum atomic E-state index is -0.230. The molecule has 0 aliphatic rings. The second kappa shape index (κ2) is 9.25. The van der Waals surface area contributed by atoms with Crippen LogP contribution in [0.1, 0.15) is 12.6 Å². The van der Waals surface area contributed by atoms with Gasteiger partial charge in [-0.05, 0) is 49.4 Å². The quantitative estimate of drug-likeness (QED) is 0.472. The average molecular weight is 418 g/mol. The van der Waals surface area contributed by atoms with E-state index in [9.17, 15) is 9.59 Å². The second-order valence-corrected chi connectivity index (χ2v) is 6.89. The van der Waals surface area contributed by atoms with E-state index >= 15 is 0 Å². The minimum absolute atomic E-state index is 0.103. The number of benzene rings is 2. The Hall–Kier alpha value is -3.94. The molecule has 158 valence electrons. The molecular weight excluding hydrogens is 396 g/mol. The molecule has 1 amide bonds.